The van der Waals surface area contributed by atoms with Gasteiger partial charge in [0.25, 0.3) is 0 Å². The van der Waals surface area contributed by atoms with Crippen LogP contribution in [0.1, 0.15) is 36.6 Å². The van der Waals surface area contributed by atoms with Gasteiger partial charge in [0.15, 0.2) is 11.5 Å². The minimum Gasteiger partial charge on any atom is -0.493 e. The van der Waals surface area contributed by atoms with E-state index in [0.29, 0.717) is 34.7 Å². The van der Waals surface area contributed by atoms with Gasteiger partial charge in [-0.2, -0.15) is 0 Å². The average molecular weight is 597 g/mol. The molecule has 208 valence electrons. The number of carbonyl (C=O) groups is 2. The standard InChI is InChI=1S/C30H29ClN2O5S2/c1-13(2)12-38-19-9-4-14(10-20(19)37-3)21-22-17-11-18(25(22)39-27-26(21)40-30(36)32-27)24-23(17)28(34)33(29(24)35)16-7-5-15(31)6-8-16/h4-10,13,17-18,21-25H,11-12H2,1-3H3,(H,32,36)/t17-,18-,21+,22+,23+,24+,25-/m1/s1. The van der Waals surface area contributed by atoms with Gasteiger partial charge in [-0.1, -0.05) is 42.9 Å². The molecule has 0 spiro atoms. The summed E-state index contributed by atoms with van der Waals surface area (Å²) < 4.78 is 11.7. The molecular formula is C30H29ClN2O5S2. The molecule has 1 saturated heterocycles. The number of aromatic amines is 1. The Morgan fingerprint density at radius 2 is 1.75 bits per heavy atom. The molecule has 2 amide bonds. The minimum absolute atomic E-state index is 0.0412. The van der Waals surface area contributed by atoms with Crippen molar-refractivity contribution in [2.75, 3.05) is 18.6 Å². The number of nitrogens with zero attached hydrogens (tertiary/aromatic N) is 1. The second kappa shape index (κ2) is 9.67. The zero-order chi connectivity index (χ0) is 27.9. The number of H-pyrrole nitrogens is 1. The van der Waals surface area contributed by atoms with E-state index in [1.165, 1.54) is 16.2 Å². The molecule has 40 heavy (non-hydrogen) atoms. The zero-order valence-corrected chi connectivity index (χ0v) is 24.6. The van der Waals surface area contributed by atoms with E-state index in [-0.39, 0.29) is 57.4 Å². The molecule has 10 heteroatoms. The van der Waals surface area contributed by atoms with E-state index in [9.17, 15) is 14.4 Å². The summed E-state index contributed by atoms with van der Waals surface area (Å²) in [5, 5.41) is 1.57. The normalized spacial score (nSPS) is 30.0. The maximum Gasteiger partial charge on any atom is 0.305 e. The highest BCUT2D eigenvalue weighted by Gasteiger charge is 2.69. The zero-order valence-electron chi connectivity index (χ0n) is 22.3. The number of nitrogens with one attached hydrogen (secondary N) is 1. The first-order chi connectivity index (χ1) is 19.3. The summed E-state index contributed by atoms with van der Waals surface area (Å²) in [4.78, 5) is 45.6. The molecule has 2 saturated carbocycles. The SMILES string of the molecule is COc1cc([C@@H]2c3sc(=O)[nH]c3S[C@@H]3[C@@H]4C[C@@H]([C@@H]5C(=O)N(c6ccc(Cl)cc6)C(=O)[C@@H]45)[C@@H]23)ccc1OCC(C)C. The monoisotopic (exact) mass is 596 g/mol. The van der Waals surface area contributed by atoms with Gasteiger partial charge in [0.2, 0.25) is 11.8 Å². The Bertz CT molecular complexity index is 1570. The third-order valence-corrected chi connectivity index (χ3v) is 11.8. The fourth-order valence-electron chi connectivity index (χ4n) is 7.49. The lowest BCUT2D eigenvalue weighted by atomic mass is 9.68. The minimum atomic E-state index is -0.356. The number of halogens is 1. The summed E-state index contributed by atoms with van der Waals surface area (Å²) in [6.45, 7) is 4.78. The summed E-state index contributed by atoms with van der Waals surface area (Å²) in [5.74, 6) is 0.932. The molecule has 3 heterocycles. The van der Waals surface area contributed by atoms with Crippen LogP contribution in [0.3, 0.4) is 0 Å². The van der Waals surface area contributed by atoms with E-state index in [4.69, 9.17) is 21.1 Å². The van der Waals surface area contributed by atoms with Crippen molar-refractivity contribution in [1.29, 1.82) is 0 Å². The number of aromatic nitrogens is 1. The number of amides is 2. The molecular weight excluding hydrogens is 568 g/mol. The smallest absolute Gasteiger partial charge is 0.305 e. The van der Waals surface area contributed by atoms with Gasteiger partial charge in [0.05, 0.1) is 36.3 Å². The van der Waals surface area contributed by atoms with Crippen LogP contribution in [0.15, 0.2) is 52.3 Å². The topological polar surface area (TPSA) is 88.7 Å². The van der Waals surface area contributed by atoms with Gasteiger partial charge in [-0.25, -0.2) is 0 Å². The average Bonchev–Trinajstić information content (AvgIpc) is 3.67. The van der Waals surface area contributed by atoms with Gasteiger partial charge in [0.1, 0.15) is 0 Å². The van der Waals surface area contributed by atoms with Crippen molar-refractivity contribution in [2.45, 2.75) is 36.5 Å². The van der Waals surface area contributed by atoms with Gasteiger partial charge < -0.3 is 14.5 Å². The Hall–Kier alpha value is -2.75. The summed E-state index contributed by atoms with van der Waals surface area (Å²) in [7, 11) is 1.64. The molecule has 1 aromatic heterocycles. The number of rotatable bonds is 6. The van der Waals surface area contributed by atoms with Crippen molar-refractivity contribution in [3.63, 3.8) is 0 Å². The van der Waals surface area contributed by atoms with Crippen LogP contribution in [0.4, 0.5) is 5.69 Å². The number of fused-ring (bicyclic) bond motifs is 9. The molecule has 4 aliphatic rings. The number of methoxy groups -OCH3 is 1. The predicted octanol–water partition coefficient (Wildman–Crippen LogP) is 5.81. The van der Waals surface area contributed by atoms with Crippen LogP contribution < -0.4 is 19.2 Å². The number of thiazole rings is 1. The first kappa shape index (κ1) is 26.2. The Balaban J connectivity index is 1.28. The van der Waals surface area contributed by atoms with Crippen molar-refractivity contribution in [2.24, 2.45) is 35.5 Å². The summed E-state index contributed by atoms with van der Waals surface area (Å²) in [6, 6.07) is 12.9. The number of imide groups is 1. The van der Waals surface area contributed by atoms with Crippen LogP contribution in [0.2, 0.25) is 5.02 Å². The Morgan fingerprint density at radius 3 is 2.45 bits per heavy atom. The van der Waals surface area contributed by atoms with Crippen LogP contribution in [-0.4, -0.2) is 35.8 Å². The third kappa shape index (κ3) is 3.88. The molecule has 3 fully saturated rings. The maximum absolute atomic E-state index is 13.9. The van der Waals surface area contributed by atoms with Crippen LogP contribution in [-0.2, 0) is 9.59 Å². The lowest BCUT2D eigenvalue weighted by Crippen LogP contribution is -2.42. The molecule has 0 unspecified atom stereocenters. The molecule has 2 bridgehead atoms. The number of hydrogen-bond donors (Lipinski definition) is 1. The molecule has 2 aliphatic heterocycles. The van der Waals surface area contributed by atoms with Crippen LogP contribution in [0.25, 0.3) is 0 Å². The van der Waals surface area contributed by atoms with E-state index in [2.05, 4.69) is 24.9 Å². The van der Waals surface area contributed by atoms with Crippen molar-refractivity contribution in [1.82, 2.24) is 4.98 Å². The van der Waals surface area contributed by atoms with E-state index < -0.39 is 0 Å². The fourth-order valence-corrected chi connectivity index (χ4v) is 10.5. The first-order valence-electron chi connectivity index (χ1n) is 13.6. The van der Waals surface area contributed by atoms with Gasteiger partial charge in [-0.3, -0.25) is 19.3 Å². The van der Waals surface area contributed by atoms with Crippen LogP contribution >= 0.6 is 34.7 Å². The van der Waals surface area contributed by atoms with E-state index in [1.54, 1.807) is 43.1 Å². The second-order valence-corrected chi connectivity index (χ2v) is 14.2. The number of carbonyl (C=O) groups excluding carboxylic acids is 2. The first-order valence-corrected chi connectivity index (χ1v) is 15.7. The summed E-state index contributed by atoms with van der Waals surface area (Å²) >= 11 is 9.01. The van der Waals surface area contributed by atoms with Gasteiger partial charge in [-0.05, 0) is 72.1 Å². The lowest BCUT2D eigenvalue weighted by Gasteiger charge is -2.43. The van der Waals surface area contributed by atoms with E-state index in [0.717, 1.165) is 21.9 Å². The molecule has 7 rings (SSSR count). The maximum atomic E-state index is 13.9. The largest absolute Gasteiger partial charge is 0.493 e. The van der Waals surface area contributed by atoms with E-state index >= 15 is 0 Å². The van der Waals surface area contributed by atoms with Gasteiger partial charge in [0, 0.05) is 21.1 Å². The van der Waals surface area contributed by atoms with Crippen molar-refractivity contribution in [3.8, 4) is 11.5 Å². The summed E-state index contributed by atoms with van der Waals surface area (Å²) in [5.41, 5.74) is 1.61. The van der Waals surface area contributed by atoms with Gasteiger partial charge >= 0.3 is 4.87 Å². The van der Waals surface area contributed by atoms with Crippen LogP contribution in [0, 0.1) is 35.5 Å². The number of hydrogen-bond acceptors (Lipinski definition) is 7. The number of thioether (sulfide) groups is 1. The molecule has 1 N–H and O–H groups in total. The number of anilines is 1. The Kier molecular flexibility index (Phi) is 6.33. The third-order valence-electron chi connectivity index (χ3n) is 8.93. The van der Waals surface area contributed by atoms with Crippen LogP contribution in [0.5, 0.6) is 11.5 Å². The Morgan fingerprint density at radius 1 is 1.02 bits per heavy atom. The highest BCUT2D eigenvalue weighted by atomic mass is 35.5. The summed E-state index contributed by atoms with van der Waals surface area (Å²) in [6.07, 6.45) is 0.839. The second-order valence-electron chi connectivity index (χ2n) is 11.6. The van der Waals surface area contributed by atoms with Crippen molar-refractivity contribution < 1.29 is 19.1 Å². The molecule has 7 atom stereocenters. The van der Waals surface area contributed by atoms with E-state index in [1.807, 2.05) is 12.1 Å². The molecule has 2 aromatic carbocycles. The number of ether oxygens (including phenoxy) is 2. The van der Waals surface area contributed by atoms with Crippen molar-refractivity contribution >= 4 is 52.2 Å². The molecule has 2 aliphatic carbocycles. The molecule has 7 nitrogen and oxygen atoms in total. The highest BCUT2D eigenvalue weighted by Crippen LogP contribution is 2.68. The molecule has 3 aromatic rings. The molecule has 0 radical (unpaired) electrons. The Labute approximate surface area is 245 Å². The lowest BCUT2D eigenvalue weighted by molar-refractivity contribution is -0.123. The predicted molar refractivity (Wildman–Crippen MR) is 156 cm³/mol. The highest BCUT2D eigenvalue weighted by molar-refractivity contribution is 8.00. The van der Waals surface area contributed by atoms with Gasteiger partial charge in [-0.15, -0.1) is 11.8 Å². The fraction of sp³-hybridized carbons (Fsp3) is 0.433. The van der Waals surface area contributed by atoms with Crippen molar-refractivity contribution in [3.05, 3.63) is 67.6 Å². The quantitative estimate of drug-likeness (QED) is 0.361. The number of benzene rings is 2.